The summed E-state index contributed by atoms with van der Waals surface area (Å²) in [5.74, 6) is 0.383. The lowest BCUT2D eigenvalue weighted by molar-refractivity contribution is 0.688. The molecule has 112 valence electrons. The number of aromatic nitrogens is 2. The molecule has 1 aliphatic carbocycles. The first-order valence-electron chi connectivity index (χ1n) is 7.60. The first kappa shape index (κ1) is 14.6. The van der Waals surface area contributed by atoms with E-state index in [-0.39, 0.29) is 0 Å². The van der Waals surface area contributed by atoms with Gasteiger partial charge in [-0.25, -0.2) is 0 Å². The van der Waals surface area contributed by atoms with Gasteiger partial charge in [0.15, 0.2) is 0 Å². The van der Waals surface area contributed by atoms with Gasteiger partial charge in [0.1, 0.15) is 0 Å². The van der Waals surface area contributed by atoms with E-state index in [2.05, 4.69) is 48.7 Å². The van der Waals surface area contributed by atoms with Crippen molar-refractivity contribution in [2.75, 3.05) is 0 Å². The Hall–Kier alpha value is -1.32. The van der Waals surface area contributed by atoms with Crippen LogP contribution in [0.15, 0.2) is 24.4 Å². The first-order valence-corrected chi connectivity index (χ1v) is 7.98. The fourth-order valence-corrected chi connectivity index (χ4v) is 2.88. The first-order chi connectivity index (χ1) is 10.0. The molecular formula is C17H22ClN3. The largest absolute Gasteiger partial charge is 0.310 e. The summed E-state index contributed by atoms with van der Waals surface area (Å²) >= 11 is 6.52. The molecular weight excluding hydrogens is 282 g/mol. The minimum atomic E-state index is 0.383. The molecule has 2 aromatic rings. The quantitative estimate of drug-likeness (QED) is 0.900. The van der Waals surface area contributed by atoms with Crippen LogP contribution in [0.3, 0.4) is 0 Å². The third kappa shape index (κ3) is 3.30. The molecule has 1 aromatic heterocycles. The third-order valence-electron chi connectivity index (χ3n) is 3.90. The van der Waals surface area contributed by atoms with Gasteiger partial charge in [0.25, 0.3) is 0 Å². The van der Waals surface area contributed by atoms with Crippen LogP contribution in [-0.2, 0) is 13.6 Å². The Morgan fingerprint density at radius 1 is 1.33 bits per heavy atom. The van der Waals surface area contributed by atoms with Gasteiger partial charge in [0.05, 0.1) is 5.69 Å². The van der Waals surface area contributed by atoms with Crippen molar-refractivity contribution in [2.45, 2.75) is 45.2 Å². The van der Waals surface area contributed by atoms with Crippen molar-refractivity contribution in [3.8, 4) is 11.1 Å². The van der Waals surface area contributed by atoms with Crippen molar-refractivity contribution in [2.24, 2.45) is 7.05 Å². The molecule has 1 fully saturated rings. The molecule has 0 bridgehead atoms. The Balaban J connectivity index is 1.87. The van der Waals surface area contributed by atoms with Crippen LogP contribution in [0, 0.1) is 0 Å². The molecule has 0 unspecified atom stereocenters. The maximum Gasteiger partial charge on any atom is 0.0728 e. The molecule has 0 amide bonds. The molecule has 0 radical (unpaired) electrons. The van der Waals surface area contributed by atoms with Gasteiger partial charge in [-0.2, -0.15) is 5.10 Å². The molecule has 0 aliphatic heterocycles. The number of nitrogens with one attached hydrogen (secondary N) is 1. The monoisotopic (exact) mass is 303 g/mol. The standard InChI is InChI=1S/C17H22ClN3/c1-11(2)17-15(10-21(3)20-17)14-7-4-12(8-16(14)18)9-19-13-5-6-13/h4,7-8,10-11,13,19H,5-6,9H2,1-3H3. The second-order valence-corrected chi connectivity index (χ2v) is 6.63. The molecule has 0 atom stereocenters. The number of halogens is 1. The normalized spacial score (nSPS) is 14.9. The second-order valence-electron chi connectivity index (χ2n) is 6.23. The smallest absolute Gasteiger partial charge is 0.0728 e. The molecule has 1 aromatic carbocycles. The number of nitrogens with zero attached hydrogens (tertiary/aromatic N) is 2. The highest BCUT2D eigenvalue weighted by atomic mass is 35.5. The van der Waals surface area contributed by atoms with Crippen LogP contribution in [0.4, 0.5) is 0 Å². The van der Waals surface area contributed by atoms with E-state index in [1.807, 2.05) is 11.7 Å². The minimum absolute atomic E-state index is 0.383. The Bertz CT molecular complexity index is 641. The molecule has 4 heteroatoms. The SMILES string of the molecule is CC(C)c1nn(C)cc1-c1ccc(CNC2CC2)cc1Cl. The summed E-state index contributed by atoms with van der Waals surface area (Å²) in [4.78, 5) is 0. The van der Waals surface area contributed by atoms with Crippen molar-refractivity contribution in [3.63, 3.8) is 0 Å². The van der Waals surface area contributed by atoms with Gasteiger partial charge in [-0.15, -0.1) is 0 Å². The Morgan fingerprint density at radius 3 is 2.71 bits per heavy atom. The van der Waals surface area contributed by atoms with Gasteiger partial charge < -0.3 is 5.32 Å². The summed E-state index contributed by atoms with van der Waals surface area (Å²) in [6.07, 6.45) is 4.66. The zero-order chi connectivity index (χ0) is 15.0. The third-order valence-corrected chi connectivity index (χ3v) is 4.21. The van der Waals surface area contributed by atoms with Crippen LogP contribution >= 0.6 is 11.6 Å². The molecule has 1 saturated carbocycles. The van der Waals surface area contributed by atoms with Gasteiger partial charge in [0.2, 0.25) is 0 Å². The molecule has 3 rings (SSSR count). The van der Waals surface area contributed by atoms with E-state index >= 15 is 0 Å². The van der Waals surface area contributed by atoms with Crippen LogP contribution in [0.25, 0.3) is 11.1 Å². The summed E-state index contributed by atoms with van der Waals surface area (Å²) in [5, 5.41) is 8.89. The van der Waals surface area contributed by atoms with Crippen molar-refractivity contribution in [3.05, 3.63) is 40.7 Å². The van der Waals surface area contributed by atoms with Crippen LogP contribution in [0.2, 0.25) is 5.02 Å². The highest BCUT2D eigenvalue weighted by molar-refractivity contribution is 6.33. The summed E-state index contributed by atoms with van der Waals surface area (Å²) in [7, 11) is 1.96. The van der Waals surface area contributed by atoms with Crippen molar-refractivity contribution in [1.29, 1.82) is 0 Å². The van der Waals surface area contributed by atoms with E-state index in [1.54, 1.807) is 0 Å². The lowest BCUT2D eigenvalue weighted by Crippen LogP contribution is -2.15. The summed E-state index contributed by atoms with van der Waals surface area (Å²) < 4.78 is 1.86. The van der Waals surface area contributed by atoms with Crippen molar-refractivity contribution >= 4 is 11.6 Å². The molecule has 1 aliphatic rings. The maximum absolute atomic E-state index is 6.52. The van der Waals surface area contributed by atoms with E-state index in [1.165, 1.54) is 18.4 Å². The fraction of sp³-hybridized carbons (Fsp3) is 0.471. The minimum Gasteiger partial charge on any atom is -0.310 e. The summed E-state index contributed by atoms with van der Waals surface area (Å²) in [6.45, 7) is 5.22. The van der Waals surface area contributed by atoms with Crippen molar-refractivity contribution < 1.29 is 0 Å². The number of rotatable bonds is 5. The lowest BCUT2D eigenvalue weighted by atomic mass is 9.99. The van der Waals surface area contributed by atoms with E-state index in [0.717, 1.165) is 28.4 Å². The zero-order valence-electron chi connectivity index (χ0n) is 12.9. The molecule has 21 heavy (non-hydrogen) atoms. The van der Waals surface area contributed by atoms with Gasteiger partial charge in [-0.3, -0.25) is 4.68 Å². The summed E-state index contributed by atoms with van der Waals surface area (Å²) in [6, 6.07) is 7.07. The van der Waals surface area contributed by atoms with Gasteiger partial charge >= 0.3 is 0 Å². The predicted molar refractivity (Wildman–Crippen MR) is 87.6 cm³/mol. The topological polar surface area (TPSA) is 29.9 Å². The summed E-state index contributed by atoms with van der Waals surface area (Å²) in [5.41, 5.74) is 4.55. The van der Waals surface area contributed by atoms with Crippen LogP contribution in [0.1, 0.15) is 43.9 Å². The Morgan fingerprint density at radius 2 is 2.10 bits per heavy atom. The lowest BCUT2D eigenvalue weighted by Gasteiger charge is -2.09. The highest BCUT2D eigenvalue weighted by Gasteiger charge is 2.20. The Labute approximate surface area is 131 Å². The highest BCUT2D eigenvalue weighted by Crippen LogP contribution is 2.33. The van der Waals surface area contributed by atoms with Gasteiger partial charge in [-0.1, -0.05) is 37.6 Å². The van der Waals surface area contributed by atoms with E-state index in [4.69, 9.17) is 11.6 Å². The van der Waals surface area contributed by atoms with Gasteiger partial charge in [-0.05, 0) is 30.4 Å². The van der Waals surface area contributed by atoms with Crippen LogP contribution < -0.4 is 5.32 Å². The fourth-order valence-electron chi connectivity index (χ4n) is 2.58. The molecule has 3 nitrogen and oxygen atoms in total. The average Bonchev–Trinajstić information content (AvgIpc) is 3.18. The van der Waals surface area contributed by atoms with E-state index in [0.29, 0.717) is 12.0 Å². The van der Waals surface area contributed by atoms with Crippen LogP contribution in [-0.4, -0.2) is 15.8 Å². The van der Waals surface area contributed by atoms with Gasteiger partial charge in [0, 0.05) is 42.0 Å². The molecule has 1 N–H and O–H groups in total. The van der Waals surface area contributed by atoms with Crippen LogP contribution in [0.5, 0.6) is 0 Å². The Kier molecular flexibility index (Phi) is 4.05. The number of benzene rings is 1. The molecule has 0 spiro atoms. The second kappa shape index (κ2) is 5.82. The predicted octanol–water partition coefficient (Wildman–Crippen LogP) is 4.12. The molecule has 0 saturated heterocycles. The number of hydrogen-bond acceptors (Lipinski definition) is 2. The average molecular weight is 304 g/mol. The zero-order valence-corrected chi connectivity index (χ0v) is 13.6. The van der Waals surface area contributed by atoms with E-state index in [9.17, 15) is 0 Å². The molecule has 1 heterocycles. The maximum atomic E-state index is 6.52. The number of hydrogen-bond donors (Lipinski definition) is 1. The number of aryl methyl sites for hydroxylation is 1. The van der Waals surface area contributed by atoms with Crippen molar-refractivity contribution in [1.82, 2.24) is 15.1 Å². The van der Waals surface area contributed by atoms with E-state index < -0.39 is 0 Å².